The maximum Gasteiger partial charge on any atom is 0.131 e. The summed E-state index contributed by atoms with van der Waals surface area (Å²) >= 11 is 0. The number of phenolic OH excluding ortho intramolecular Hbond substituents is 1. The van der Waals surface area contributed by atoms with Crippen LogP contribution < -0.4 is 0 Å². The summed E-state index contributed by atoms with van der Waals surface area (Å²) < 4.78 is 14.1. The number of phenols is 1. The summed E-state index contributed by atoms with van der Waals surface area (Å²) in [7, 11) is 0. The van der Waals surface area contributed by atoms with Crippen LogP contribution in [0.1, 0.15) is 0 Å². The van der Waals surface area contributed by atoms with E-state index >= 15 is 0 Å². The van der Waals surface area contributed by atoms with Crippen molar-refractivity contribution in [2.45, 2.75) is 0 Å². The Balaban J connectivity index is 2.15. The van der Waals surface area contributed by atoms with E-state index in [0.29, 0.717) is 5.56 Å². The Morgan fingerprint density at radius 2 is 1.62 bits per heavy atom. The van der Waals surface area contributed by atoms with E-state index < -0.39 is 0 Å². The molecule has 4 rings (SSSR count). The summed E-state index contributed by atoms with van der Waals surface area (Å²) in [6.45, 7) is 0. The molecule has 2 nitrogen and oxygen atoms in total. The highest BCUT2D eigenvalue weighted by atomic mass is 19.1. The van der Waals surface area contributed by atoms with Crippen molar-refractivity contribution in [3.05, 3.63) is 66.5 Å². The zero-order valence-corrected chi connectivity index (χ0v) is 11.1. The Labute approximate surface area is 120 Å². The molecule has 21 heavy (non-hydrogen) atoms. The maximum atomic E-state index is 14.1. The van der Waals surface area contributed by atoms with Crippen molar-refractivity contribution in [3.63, 3.8) is 0 Å². The maximum absolute atomic E-state index is 14.1. The van der Waals surface area contributed by atoms with E-state index in [1.54, 1.807) is 24.3 Å². The van der Waals surface area contributed by atoms with E-state index in [2.05, 4.69) is 4.98 Å². The SMILES string of the molecule is Oc1ccc2c(c1)[nH]c1cccc(-c3ccccc3F)c12. The van der Waals surface area contributed by atoms with Gasteiger partial charge in [0.1, 0.15) is 11.6 Å². The van der Waals surface area contributed by atoms with Crippen LogP contribution in [0.5, 0.6) is 5.75 Å². The third-order valence-electron chi connectivity index (χ3n) is 3.77. The lowest BCUT2D eigenvalue weighted by atomic mass is 9.99. The predicted molar refractivity (Wildman–Crippen MR) is 82.9 cm³/mol. The van der Waals surface area contributed by atoms with Crippen LogP contribution in [-0.2, 0) is 0 Å². The van der Waals surface area contributed by atoms with Gasteiger partial charge < -0.3 is 10.1 Å². The molecule has 0 bridgehead atoms. The first-order valence-corrected chi connectivity index (χ1v) is 6.72. The van der Waals surface area contributed by atoms with Gasteiger partial charge in [0.05, 0.1) is 5.52 Å². The van der Waals surface area contributed by atoms with Crippen molar-refractivity contribution in [1.29, 1.82) is 0 Å². The molecule has 1 heterocycles. The molecule has 0 aliphatic carbocycles. The van der Waals surface area contributed by atoms with Crippen molar-refractivity contribution in [3.8, 4) is 16.9 Å². The predicted octanol–water partition coefficient (Wildman–Crippen LogP) is 4.83. The Morgan fingerprint density at radius 1 is 0.810 bits per heavy atom. The number of aromatic hydroxyl groups is 1. The molecule has 1 aromatic heterocycles. The van der Waals surface area contributed by atoms with Crippen molar-refractivity contribution < 1.29 is 9.50 Å². The zero-order valence-electron chi connectivity index (χ0n) is 11.1. The minimum Gasteiger partial charge on any atom is -0.508 e. The van der Waals surface area contributed by atoms with Crippen LogP contribution in [-0.4, -0.2) is 10.1 Å². The van der Waals surface area contributed by atoms with Crippen LogP contribution in [0.2, 0.25) is 0 Å². The molecule has 0 radical (unpaired) electrons. The number of benzene rings is 3. The first kappa shape index (κ1) is 12.0. The van der Waals surface area contributed by atoms with Gasteiger partial charge in [-0.3, -0.25) is 0 Å². The molecule has 0 fully saturated rings. The van der Waals surface area contributed by atoms with E-state index in [1.807, 2.05) is 30.3 Å². The van der Waals surface area contributed by atoms with E-state index in [9.17, 15) is 9.50 Å². The highest BCUT2D eigenvalue weighted by Gasteiger charge is 2.12. The molecule has 0 atom stereocenters. The molecule has 3 heteroatoms. The topological polar surface area (TPSA) is 36.0 Å². The van der Waals surface area contributed by atoms with E-state index in [4.69, 9.17) is 0 Å². The van der Waals surface area contributed by atoms with Gasteiger partial charge in [-0.15, -0.1) is 0 Å². The number of hydrogen-bond acceptors (Lipinski definition) is 1. The third kappa shape index (κ3) is 1.78. The molecule has 2 N–H and O–H groups in total. The average molecular weight is 277 g/mol. The number of H-pyrrole nitrogens is 1. The Bertz CT molecular complexity index is 971. The second-order valence-electron chi connectivity index (χ2n) is 5.06. The summed E-state index contributed by atoms with van der Waals surface area (Å²) in [6, 6.07) is 17.7. The van der Waals surface area contributed by atoms with E-state index in [1.165, 1.54) is 6.07 Å². The number of rotatable bonds is 1. The molecule has 0 spiro atoms. The van der Waals surface area contributed by atoms with Crippen molar-refractivity contribution in [2.75, 3.05) is 0 Å². The molecule has 102 valence electrons. The van der Waals surface area contributed by atoms with Crippen molar-refractivity contribution in [1.82, 2.24) is 4.98 Å². The fourth-order valence-corrected chi connectivity index (χ4v) is 2.85. The summed E-state index contributed by atoms with van der Waals surface area (Å²) in [5.74, 6) is -0.0281. The summed E-state index contributed by atoms with van der Waals surface area (Å²) in [6.07, 6.45) is 0. The van der Waals surface area contributed by atoms with Gasteiger partial charge in [0.25, 0.3) is 0 Å². The average Bonchev–Trinajstić information content (AvgIpc) is 2.85. The lowest BCUT2D eigenvalue weighted by Gasteiger charge is -2.05. The zero-order chi connectivity index (χ0) is 14.4. The van der Waals surface area contributed by atoms with Gasteiger partial charge in [-0.1, -0.05) is 30.3 Å². The van der Waals surface area contributed by atoms with Crippen LogP contribution >= 0.6 is 0 Å². The fourth-order valence-electron chi connectivity index (χ4n) is 2.85. The van der Waals surface area contributed by atoms with Crippen LogP contribution in [0.4, 0.5) is 4.39 Å². The number of halogens is 1. The van der Waals surface area contributed by atoms with Crippen molar-refractivity contribution in [2.24, 2.45) is 0 Å². The number of aromatic amines is 1. The first-order valence-electron chi connectivity index (χ1n) is 6.72. The molecule has 4 aromatic rings. The summed E-state index contributed by atoms with van der Waals surface area (Å²) in [5.41, 5.74) is 3.20. The van der Waals surface area contributed by atoms with Gasteiger partial charge in [0.15, 0.2) is 0 Å². The minimum atomic E-state index is -0.238. The summed E-state index contributed by atoms with van der Waals surface area (Å²) in [4.78, 5) is 3.27. The van der Waals surface area contributed by atoms with Gasteiger partial charge in [0, 0.05) is 27.9 Å². The fraction of sp³-hybridized carbons (Fsp3) is 0. The van der Waals surface area contributed by atoms with Gasteiger partial charge in [-0.05, 0) is 29.8 Å². The number of aromatic nitrogens is 1. The second-order valence-corrected chi connectivity index (χ2v) is 5.06. The number of nitrogens with one attached hydrogen (secondary N) is 1. The molecule has 3 aromatic carbocycles. The lowest BCUT2D eigenvalue weighted by Crippen LogP contribution is -1.84. The van der Waals surface area contributed by atoms with E-state index in [0.717, 1.165) is 27.4 Å². The highest BCUT2D eigenvalue weighted by molar-refractivity contribution is 6.14. The lowest BCUT2D eigenvalue weighted by molar-refractivity contribution is 0.476. The number of hydrogen-bond donors (Lipinski definition) is 2. The minimum absolute atomic E-state index is 0.210. The quantitative estimate of drug-likeness (QED) is 0.513. The standard InChI is InChI=1S/C18H12FNO/c19-15-6-2-1-4-12(15)13-5-3-7-16-18(13)14-9-8-11(21)10-17(14)20-16/h1-10,20-21H. The molecular formula is C18H12FNO. The van der Waals surface area contributed by atoms with Crippen LogP contribution in [0.25, 0.3) is 32.9 Å². The van der Waals surface area contributed by atoms with Gasteiger partial charge in [0.2, 0.25) is 0 Å². The van der Waals surface area contributed by atoms with Gasteiger partial charge in [-0.2, -0.15) is 0 Å². The smallest absolute Gasteiger partial charge is 0.131 e. The van der Waals surface area contributed by atoms with Crippen LogP contribution in [0.15, 0.2) is 60.7 Å². The summed E-state index contributed by atoms with van der Waals surface area (Å²) in [5, 5.41) is 11.5. The van der Waals surface area contributed by atoms with E-state index in [-0.39, 0.29) is 11.6 Å². The molecular weight excluding hydrogens is 265 g/mol. The first-order chi connectivity index (χ1) is 10.2. The molecule has 0 amide bonds. The third-order valence-corrected chi connectivity index (χ3v) is 3.77. The van der Waals surface area contributed by atoms with Gasteiger partial charge >= 0.3 is 0 Å². The Morgan fingerprint density at radius 3 is 2.48 bits per heavy atom. The molecule has 0 aliphatic rings. The molecule has 0 unspecified atom stereocenters. The van der Waals surface area contributed by atoms with Crippen LogP contribution in [0.3, 0.4) is 0 Å². The Hall–Kier alpha value is -2.81. The van der Waals surface area contributed by atoms with Gasteiger partial charge in [-0.25, -0.2) is 4.39 Å². The Kier molecular flexibility index (Phi) is 2.48. The largest absolute Gasteiger partial charge is 0.508 e. The molecule has 0 aliphatic heterocycles. The highest BCUT2D eigenvalue weighted by Crippen LogP contribution is 2.36. The normalized spacial score (nSPS) is 11.3. The van der Waals surface area contributed by atoms with Crippen LogP contribution in [0, 0.1) is 5.82 Å². The van der Waals surface area contributed by atoms with Crippen molar-refractivity contribution >= 4 is 21.8 Å². The molecule has 0 saturated heterocycles. The molecule has 0 saturated carbocycles. The monoisotopic (exact) mass is 277 g/mol. The second kappa shape index (κ2) is 4.35. The number of fused-ring (bicyclic) bond motifs is 3.